The van der Waals surface area contributed by atoms with E-state index in [4.69, 9.17) is 29.6 Å². The molecule has 1 saturated heterocycles. The number of benzene rings is 1. The molecule has 1 aromatic rings. The van der Waals surface area contributed by atoms with Crippen LogP contribution in [0.4, 0.5) is 0 Å². The first-order chi connectivity index (χ1) is 8.58. The van der Waals surface area contributed by atoms with Crippen molar-refractivity contribution >= 4 is 34.7 Å². The minimum Gasteiger partial charge on any atom is -0.369 e. The van der Waals surface area contributed by atoms with Crippen LogP contribution in [0.2, 0.25) is 5.02 Å². The summed E-state index contributed by atoms with van der Waals surface area (Å²) in [6.45, 7) is 1.57. The monoisotopic (exact) mass is 282 g/mol. The number of nitrogens with two attached hydrogens (primary N) is 1. The van der Waals surface area contributed by atoms with Crippen LogP contribution in [0.5, 0.6) is 0 Å². The topological polar surface area (TPSA) is 46.3 Å². The normalized spacial score (nSPS) is 16.6. The maximum absolute atomic E-state index is 11.1. The summed E-state index contributed by atoms with van der Waals surface area (Å²) < 4.78 is 0. The molecule has 1 aliphatic heterocycles. The molecule has 0 bridgehead atoms. The Bertz CT molecular complexity index is 453. The highest BCUT2D eigenvalue weighted by Crippen LogP contribution is 2.20. The van der Waals surface area contributed by atoms with E-state index in [0.29, 0.717) is 5.02 Å². The van der Waals surface area contributed by atoms with E-state index in [1.807, 2.05) is 24.3 Å². The van der Waals surface area contributed by atoms with Gasteiger partial charge in [0.05, 0.1) is 0 Å². The number of amides is 1. The summed E-state index contributed by atoms with van der Waals surface area (Å²) in [5.41, 5.74) is 6.30. The van der Waals surface area contributed by atoms with Crippen molar-refractivity contribution in [3.63, 3.8) is 0 Å². The highest BCUT2D eigenvalue weighted by atomic mass is 35.5. The van der Waals surface area contributed by atoms with Crippen LogP contribution >= 0.6 is 23.8 Å². The van der Waals surface area contributed by atoms with Crippen molar-refractivity contribution in [2.24, 2.45) is 11.7 Å². The van der Waals surface area contributed by atoms with Crippen LogP contribution in [0.15, 0.2) is 24.3 Å². The standard InChI is InChI=1S/C13H15ClN2OS/c14-11-3-1-10(2-4-11)13(18)16-7-5-9(6-8-16)12(15)17/h1-4,9H,5-8H2,(H2,15,17). The first-order valence-electron chi connectivity index (χ1n) is 5.92. The minimum atomic E-state index is -0.202. The predicted octanol–water partition coefficient (Wildman–Crippen LogP) is 2.21. The fourth-order valence-electron chi connectivity index (χ4n) is 2.14. The molecule has 0 radical (unpaired) electrons. The molecule has 1 heterocycles. The predicted molar refractivity (Wildman–Crippen MR) is 76.6 cm³/mol. The molecule has 1 aromatic carbocycles. The average Bonchev–Trinajstić information content (AvgIpc) is 2.39. The van der Waals surface area contributed by atoms with Gasteiger partial charge in [-0.25, -0.2) is 0 Å². The van der Waals surface area contributed by atoms with Crippen LogP contribution in [-0.4, -0.2) is 28.9 Å². The van der Waals surface area contributed by atoms with Crippen molar-refractivity contribution in [2.75, 3.05) is 13.1 Å². The van der Waals surface area contributed by atoms with Gasteiger partial charge in [0.15, 0.2) is 0 Å². The summed E-state index contributed by atoms with van der Waals surface area (Å²) in [4.78, 5) is 14.0. The highest BCUT2D eigenvalue weighted by molar-refractivity contribution is 7.80. The Morgan fingerprint density at radius 1 is 1.28 bits per heavy atom. The second-order valence-corrected chi connectivity index (χ2v) is 5.30. The van der Waals surface area contributed by atoms with Crippen molar-refractivity contribution in [2.45, 2.75) is 12.8 Å². The van der Waals surface area contributed by atoms with Gasteiger partial charge in [0.2, 0.25) is 5.91 Å². The van der Waals surface area contributed by atoms with Gasteiger partial charge < -0.3 is 10.6 Å². The van der Waals surface area contributed by atoms with E-state index in [2.05, 4.69) is 4.90 Å². The number of piperidine rings is 1. The Morgan fingerprint density at radius 2 is 1.83 bits per heavy atom. The lowest BCUT2D eigenvalue weighted by Gasteiger charge is -2.32. The Hall–Kier alpha value is -1.13. The van der Waals surface area contributed by atoms with E-state index in [1.54, 1.807) is 0 Å². The first-order valence-corrected chi connectivity index (χ1v) is 6.70. The van der Waals surface area contributed by atoms with Gasteiger partial charge in [-0.05, 0) is 25.0 Å². The van der Waals surface area contributed by atoms with Crippen LogP contribution in [0, 0.1) is 5.92 Å². The Kier molecular flexibility index (Phi) is 4.19. The average molecular weight is 283 g/mol. The fourth-order valence-corrected chi connectivity index (χ4v) is 2.59. The number of halogens is 1. The Morgan fingerprint density at radius 3 is 2.33 bits per heavy atom. The molecule has 0 aromatic heterocycles. The highest BCUT2D eigenvalue weighted by Gasteiger charge is 2.24. The third-order valence-electron chi connectivity index (χ3n) is 3.28. The van der Waals surface area contributed by atoms with E-state index in [0.717, 1.165) is 36.5 Å². The number of likely N-dealkylation sites (tertiary alicyclic amines) is 1. The third-order valence-corrected chi connectivity index (χ3v) is 4.02. The van der Waals surface area contributed by atoms with Crippen molar-refractivity contribution in [1.29, 1.82) is 0 Å². The number of carbonyl (C=O) groups is 1. The molecule has 5 heteroatoms. The van der Waals surface area contributed by atoms with E-state index in [1.165, 1.54) is 0 Å². The molecule has 2 rings (SSSR count). The van der Waals surface area contributed by atoms with Gasteiger partial charge in [-0.15, -0.1) is 0 Å². The van der Waals surface area contributed by atoms with Crippen molar-refractivity contribution in [3.05, 3.63) is 34.9 Å². The van der Waals surface area contributed by atoms with Crippen LogP contribution in [-0.2, 0) is 4.79 Å². The fraction of sp³-hybridized carbons (Fsp3) is 0.385. The summed E-state index contributed by atoms with van der Waals surface area (Å²) in [6, 6.07) is 7.51. The molecule has 1 aliphatic rings. The summed E-state index contributed by atoms with van der Waals surface area (Å²) >= 11 is 11.3. The van der Waals surface area contributed by atoms with Crippen LogP contribution in [0.1, 0.15) is 18.4 Å². The molecule has 2 N–H and O–H groups in total. The molecule has 0 spiro atoms. The molecule has 18 heavy (non-hydrogen) atoms. The lowest BCUT2D eigenvalue weighted by Crippen LogP contribution is -2.41. The smallest absolute Gasteiger partial charge is 0.220 e. The summed E-state index contributed by atoms with van der Waals surface area (Å²) in [5.74, 6) is -0.207. The third kappa shape index (κ3) is 3.00. The number of thiocarbonyl (C=S) groups is 1. The molecule has 96 valence electrons. The summed E-state index contributed by atoms with van der Waals surface area (Å²) in [6.07, 6.45) is 1.56. The zero-order valence-electron chi connectivity index (χ0n) is 9.93. The first kappa shape index (κ1) is 13.3. The van der Waals surface area contributed by atoms with Gasteiger partial charge >= 0.3 is 0 Å². The van der Waals surface area contributed by atoms with E-state index in [9.17, 15) is 4.79 Å². The number of primary amides is 1. The van der Waals surface area contributed by atoms with Gasteiger partial charge in [-0.3, -0.25) is 4.79 Å². The van der Waals surface area contributed by atoms with Crippen LogP contribution < -0.4 is 5.73 Å². The molecule has 3 nitrogen and oxygen atoms in total. The van der Waals surface area contributed by atoms with Crippen LogP contribution in [0.25, 0.3) is 0 Å². The van der Waals surface area contributed by atoms with E-state index in [-0.39, 0.29) is 11.8 Å². The molecule has 0 unspecified atom stereocenters. The maximum Gasteiger partial charge on any atom is 0.220 e. The van der Waals surface area contributed by atoms with Gasteiger partial charge in [0.25, 0.3) is 0 Å². The molecular weight excluding hydrogens is 268 g/mol. The summed E-state index contributed by atoms with van der Waals surface area (Å²) in [7, 11) is 0. The molecule has 1 amide bonds. The Labute approximate surface area is 117 Å². The molecule has 0 saturated carbocycles. The minimum absolute atomic E-state index is 0.00531. The van der Waals surface area contributed by atoms with Crippen molar-refractivity contribution in [3.8, 4) is 0 Å². The van der Waals surface area contributed by atoms with Gasteiger partial charge in [-0.2, -0.15) is 0 Å². The van der Waals surface area contributed by atoms with E-state index < -0.39 is 0 Å². The van der Waals surface area contributed by atoms with Crippen molar-refractivity contribution in [1.82, 2.24) is 4.90 Å². The lowest BCUT2D eigenvalue weighted by atomic mass is 9.96. The number of nitrogens with zero attached hydrogens (tertiary/aromatic N) is 1. The number of hydrogen-bond acceptors (Lipinski definition) is 2. The molecule has 1 fully saturated rings. The van der Waals surface area contributed by atoms with Crippen LogP contribution in [0.3, 0.4) is 0 Å². The zero-order valence-corrected chi connectivity index (χ0v) is 11.5. The second kappa shape index (κ2) is 5.67. The quantitative estimate of drug-likeness (QED) is 0.846. The van der Waals surface area contributed by atoms with Gasteiger partial charge in [0.1, 0.15) is 4.99 Å². The zero-order chi connectivity index (χ0) is 13.1. The number of rotatable bonds is 2. The second-order valence-electron chi connectivity index (χ2n) is 4.48. The molecular formula is C13H15ClN2OS. The molecule has 0 atom stereocenters. The maximum atomic E-state index is 11.1. The van der Waals surface area contributed by atoms with Gasteiger partial charge in [-0.1, -0.05) is 36.0 Å². The van der Waals surface area contributed by atoms with Gasteiger partial charge in [0, 0.05) is 29.6 Å². The van der Waals surface area contributed by atoms with Crippen molar-refractivity contribution < 1.29 is 4.79 Å². The lowest BCUT2D eigenvalue weighted by molar-refractivity contribution is -0.122. The summed E-state index contributed by atoms with van der Waals surface area (Å²) in [5, 5.41) is 0.703. The molecule has 0 aliphatic carbocycles. The largest absolute Gasteiger partial charge is 0.369 e. The Balaban J connectivity index is 1.99. The van der Waals surface area contributed by atoms with E-state index >= 15 is 0 Å². The number of carbonyl (C=O) groups excluding carboxylic acids is 1. The number of hydrogen-bond donors (Lipinski definition) is 1. The SMILES string of the molecule is NC(=O)C1CCN(C(=S)c2ccc(Cl)cc2)CC1.